The van der Waals surface area contributed by atoms with Crippen molar-refractivity contribution in [3.05, 3.63) is 65.2 Å². The van der Waals surface area contributed by atoms with Crippen LogP contribution in [0.2, 0.25) is 0 Å². The molecule has 0 unspecified atom stereocenters. The number of carbonyl (C=O) groups is 2. The molecule has 5 nitrogen and oxygen atoms in total. The summed E-state index contributed by atoms with van der Waals surface area (Å²) in [5, 5.41) is 2.88. The Balaban J connectivity index is 1.69. The molecular formula is C21H24N2O3. The molecule has 1 aliphatic rings. The third-order valence-corrected chi connectivity index (χ3v) is 5.01. The highest BCUT2D eigenvalue weighted by atomic mass is 16.5. The first kappa shape index (κ1) is 18.0. The largest absolute Gasteiger partial charge is 0.497 e. The van der Waals surface area contributed by atoms with Crippen LogP contribution < -0.4 is 10.1 Å². The molecule has 136 valence electrons. The number of hydrogen-bond donors (Lipinski definition) is 1. The van der Waals surface area contributed by atoms with Crippen LogP contribution in [0.4, 0.5) is 4.79 Å². The van der Waals surface area contributed by atoms with Crippen molar-refractivity contribution in [1.29, 1.82) is 0 Å². The summed E-state index contributed by atoms with van der Waals surface area (Å²) in [5.74, 6) is 0.633. The summed E-state index contributed by atoms with van der Waals surface area (Å²) < 4.78 is 5.16. The van der Waals surface area contributed by atoms with E-state index in [2.05, 4.69) is 5.32 Å². The maximum atomic E-state index is 12.9. The zero-order chi connectivity index (χ0) is 18.7. The number of hydrogen-bond acceptors (Lipinski definition) is 3. The van der Waals surface area contributed by atoms with E-state index in [1.807, 2.05) is 55.5 Å². The highest BCUT2D eigenvalue weighted by Crippen LogP contribution is 2.26. The summed E-state index contributed by atoms with van der Waals surface area (Å²) in [6.07, 6.45) is 1.25. The first-order valence-electron chi connectivity index (χ1n) is 8.74. The molecule has 0 bridgehead atoms. The molecule has 0 aromatic heterocycles. The zero-order valence-corrected chi connectivity index (χ0v) is 15.4. The van der Waals surface area contributed by atoms with Gasteiger partial charge in [-0.2, -0.15) is 0 Å². The van der Waals surface area contributed by atoms with Crippen LogP contribution in [-0.4, -0.2) is 29.5 Å². The fourth-order valence-corrected chi connectivity index (χ4v) is 3.20. The Bertz CT molecular complexity index is 816. The maximum Gasteiger partial charge on any atom is 0.325 e. The average Bonchev–Trinajstić information content (AvgIpc) is 2.86. The highest BCUT2D eigenvalue weighted by Gasteiger charge is 2.47. The van der Waals surface area contributed by atoms with Gasteiger partial charge in [-0.15, -0.1) is 0 Å². The van der Waals surface area contributed by atoms with Gasteiger partial charge in [0.15, 0.2) is 0 Å². The van der Waals surface area contributed by atoms with Gasteiger partial charge in [0.2, 0.25) is 0 Å². The Morgan fingerprint density at radius 2 is 1.77 bits per heavy atom. The molecule has 1 fully saturated rings. The zero-order valence-electron chi connectivity index (χ0n) is 15.4. The van der Waals surface area contributed by atoms with Gasteiger partial charge in [0.25, 0.3) is 5.91 Å². The summed E-state index contributed by atoms with van der Waals surface area (Å²) in [5.41, 5.74) is 2.28. The molecule has 1 heterocycles. The van der Waals surface area contributed by atoms with Gasteiger partial charge in [-0.1, -0.05) is 36.4 Å². The van der Waals surface area contributed by atoms with Gasteiger partial charge in [0, 0.05) is 0 Å². The molecule has 5 heteroatoms. The molecule has 1 saturated heterocycles. The Morgan fingerprint density at radius 3 is 2.42 bits per heavy atom. The topological polar surface area (TPSA) is 58.6 Å². The van der Waals surface area contributed by atoms with Crippen molar-refractivity contribution < 1.29 is 14.3 Å². The number of nitrogens with zero attached hydrogens (tertiary/aromatic N) is 1. The lowest BCUT2D eigenvalue weighted by atomic mass is 9.93. The quantitative estimate of drug-likeness (QED) is 0.810. The number of methoxy groups -OCH3 is 1. The van der Waals surface area contributed by atoms with Gasteiger partial charge in [0.1, 0.15) is 11.3 Å². The molecule has 0 saturated carbocycles. The first-order chi connectivity index (χ1) is 12.4. The lowest BCUT2D eigenvalue weighted by Gasteiger charge is -2.22. The van der Waals surface area contributed by atoms with E-state index in [9.17, 15) is 9.59 Å². The summed E-state index contributed by atoms with van der Waals surface area (Å²) in [7, 11) is 1.63. The second-order valence-corrected chi connectivity index (χ2v) is 6.93. The van der Waals surface area contributed by atoms with Crippen LogP contribution in [0.5, 0.6) is 5.75 Å². The number of urea groups is 1. The monoisotopic (exact) mass is 352 g/mol. The molecule has 2 aromatic rings. The summed E-state index contributed by atoms with van der Waals surface area (Å²) in [4.78, 5) is 26.6. The molecule has 0 spiro atoms. The lowest BCUT2D eigenvalue weighted by Crippen LogP contribution is -2.44. The van der Waals surface area contributed by atoms with Crippen LogP contribution in [0.15, 0.2) is 48.5 Å². The molecule has 1 N–H and O–H groups in total. The molecule has 3 rings (SSSR count). The number of nitrogens with one attached hydrogen (secondary N) is 1. The van der Waals surface area contributed by atoms with Gasteiger partial charge >= 0.3 is 6.03 Å². The van der Waals surface area contributed by atoms with Crippen molar-refractivity contribution in [2.24, 2.45) is 0 Å². The molecule has 1 aliphatic heterocycles. The van der Waals surface area contributed by atoms with E-state index < -0.39 is 5.54 Å². The second-order valence-electron chi connectivity index (χ2n) is 6.93. The summed E-state index contributed by atoms with van der Waals surface area (Å²) in [6, 6.07) is 15.2. The Hall–Kier alpha value is -2.82. The standard InChI is InChI=1S/C21H24N2O3/c1-15-6-4-5-7-17(15)14-23-19(24)21(2,22-20(23)25)13-12-16-8-10-18(26-3)11-9-16/h4-11H,12-14H2,1-3H3,(H,22,25)/t21-/m0/s1. The molecular weight excluding hydrogens is 328 g/mol. The lowest BCUT2D eigenvalue weighted by molar-refractivity contribution is -0.131. The van der Waals surface area contributed by atoms with Crippen molar-refractivity contribution in [3.8, 4) is 5.75 Å². The maximum absolute atomic E-state index is 12.9. The minimum Gasteiger partial charge on any atom is -0.497 e. The van der Waals surface area contributed by atoms with Crippen molar-refractivity contribution >= 4 is 11.9 Å². The van der Waals surface area contributed by atoms with Gasteiger partial charge in [-0.05, 0) is 55.5 Å². The SMILES string of the molecule is COc1ccc(CC[C@]2(C)NC(=O)N(Cc3ccccc3C)C2=O)cc1. The summed E-state index contributed by atoms with van der Waals surface area (Å²) >= 11 is 0. The van der Waals surface area contributed by atoms with Crippen molar-refractivity contribution in [2.45, 2.75) is 38.8 Å². The van der Waals surface area contributed by atoms with Crippen molar-refractivity contribution in [1.82, 2.24) is 10.2 Å². The minimum absolute atomic E-state index is 0.167. The molecule has 2 aromatic carbocycles. The van der Waals surface area contributed by atoms with Crippen LogP contribution >= 0.6 is 0 Å². The number of benzene rings is 2. The molecule has 0 radical (unpaired) electrons. The average molecular weight is 352 g/mol. The predicted molar refractivity (Wildman–Crippen MR) is 100.0 cm³/mol. The van der Waals surface area contributed by atoms with Crippen molar-refractivity contribution in [2.75, 3.05) is 7.11 Å². The number of ether oxygens (including phenoxy) is 1. The van der Waals surface area contributed by atoms with E-state index >= 15 is 0 Å². The number of amides is 3. The first-order valence-corrected chi connectivity index (χ1v) is 8.74. The third-order valence-electron chi connectivity index (χ3n) is 5.01. The van der Waals surface area contributed by atoms with Gasteiger partial charge in [-0.3, -0.25) is 9.69 Å². The third kappa shape index (κ3) is 3.57. The molecule has 26 heavy (non-hydrogen) atoms. The predicted octanol–water partition coefficient (Wildman–Crippen LogP) is 3.45. The van der Waals surface area contributed by atoms with Crippen molar-refractivity contribution in [3.63, 3.8) is 0 Å². The van der Waals surface area contributed by atoms with E-state index in [1.54, 1.807) is 14.0 Å². The second kappa shape index (κ2) is 7.20. The normalized spacial score (nSPS) is 19.6. The van der Waals surface area contributed by atoms with E-state index in [0.717, 1.165) is 22.4 Å². The molecule has 3 amide bonds. The Morgan fingerprint density at radius 1 is 1.08 bits per heavy atom. The van der Waals surface area contributed by atoms with Crippen LogP contribution in [0.25, 0.3) is 0 Å². The number of aryl methyl sites for hydroxylation is 2. The number of rotatable bonds is 6. The highest BCUT2D eigenvalue weighted by molar-refractivity contribution is 6.06. The molecule has 1 atom stereocenters. The minimum atomic E-state index is -0.875. The van der Waals surface area contributed by atoms with E-state index in [4.69, 9.17) is 4.74 Å². The van der Waals surface area contributed by atoms with E-state index in [-0.39, 0.29) is 11.9 Å². The van der Waals surface area contributed by atoms with Crippen LogP contribution in [-0.2, 0) is 17.8 Å². The fraction of sp³-hybridized carbons (Fsp3) is 0.333. The smallest absolute Gasteiger partial charge is 0.325 e. The summed E-state index contributed by atoms with van der Waals surface area (Å²) in [6.45, 7) is 4.08. The van der Waals surface area contributed by atoms with Gasteiger partial charge in [0.05, 0.1) is 13.7 Å². The Labute approximate surface area is 154 Å². The fourth-order valence-electron chi connectivity index (χ4n) is 3.20. The van der Waals surface area contributed by atoms with Gasteiger partial charge < -0.3 is 10.1 Å². The Kier molecular flexibility index (Phi) is 4.98. The van der Waals surface area contributed by atoms with E-state index in [0.29, 0.717) is 19.4 Å². The van der Waals surface area contributed by atoms with Gasteiger partial charge in [-0.25, -0.2) is 4.79 Å². The number of imide groups is 1. The van der Waals surface area contributed by atoms with Crippen LogP contribution in [0.3, 0.4) is 0 Å². The number of carbonyl (C=O) groups excluding carboxylic acids is 2. The van der Waals surface area contributed by atoms with Crippen LogP contribution in [0.1, 0.15) is 30.0 Å². The van der Waals surface area contributed by atoms with E-state index in [1.165, 1.54) is 4.90 Å². The van der Waals surface area contributed by atoms with Crippen LogP contribution in [0, 0.1) is 6.92 Å². The molecule has 0 aliphatic carbocycles.